The van der Waals surface area contributed by atoms with E-state index in [1.54, 1.807) is 18.3 Å². The molecule has 0 bridgehead atoms. The third kappa shape index (κ3) is 4.49. The van der Waals surface area contributed by atoms with Crippen molar-refractivity contribution >= 4 is 28.2 Å². The molecule has 0 fully saturated rings. The molecule has 1 heterocycles. The van der Waals surface area contributed by atoms with Crippen LogP contribution in [0.15, 0.2) is 30.5 Å². The molecule has 1 amide bonds. The third-order valence-corrected chi connectivity index (χ3v) is 4.50. The Labute approximate surface area is 134 Å². The van der Waals surface area contributed by atoms with Crippen molar-refractivity contribution in [1.82, 2.24) is 4.98 Å². The van der Waals surface area contributed by atoms with Crippen LogP contribution in [0.1, 0.15) is 53.4 Å². The zero-order valence-corrected chi connectivity index (χ0v) is 13.9. The van der Waals surface area contributed by atoms with Crippen LogP contribution in [0.3, 0.4) is 0 Å². The van der Waals surface area contributed by atoms with Gasteiger partial charge in [0.2, 0.25) is 5.91 Å². The first-order chi connectivity index (χ1) is 10.5. The SMILES string of the molecule is Cc1ccc(C(=O)CCC(=O)Nc2ncc(C(C)C)s2)cc1. The van der Waals surface area contributed by atoms with Crippen molar-refractivity contribution in [3.63, 3.8) is 0 Å². The van der Waals surface area contributed by atoms with Crippen LogP contribution in [0, 0.1) is 6.92 Å². The van der Waals surface area contributed by atoms with Gasteiger partial charge in [0.05, 0.1) is 0 Å². The van der Waals surface area contributed by atoms with Crippen LogP contribution >= 0.6 is 11.3 Å². The Kier molecular flexibility index (Phi) is 5.44. The van der Waals surface area contributed by atoms with E-state index in [1.807, 2.05) is 19.1 Å². The predicted octanol–water partition coefficient (Wildman–Crippen LogP) is 4.18. The predicted molar refractivity (Wildman–Crippen MR) is 89.6 cm³/mol. The Balaban J connectivity index is 1.84. The van der Waals surface area contributed by atoms with Crippen molar-refractivity contribution in [2.24, 2.45) is 0 Å². The average molecular weight is 316 g/mol. The summed E-state index contributed by atoms with van der Waals surface area (Å²) in [6.07, 6.45) is 2.16. The molecule has 1 aromatic heterocycles. The highest BCUT2D eigenvalue weighted by Crippen LogP contribution is 2.25. The number of thiazole rings is 1. The minimum absolute atomic E-state index is 0.0165. The molecular formula is C17H20N2O2S. The van der Waals surface area contributed by atoms with Gasteiger partial charge in [0, 0.05) is 29.5 Å². The lowest BCUT2D eigenvalue weighted by molar-refractivity contribution is -0.116. The van der Waals surface area contributed by atoms with Gasteiger partial charge in [-0.05, 0) is 12.8 Å². The van der Waals surface area contributed by atoms with Crippen LogP contribution in [0.2, 0.25) is 0 Å². The molecule has 2 aromatic rings. The zero-order valence-electron chi connectivity index (χ0n) is 13.1. The maximum absolute atomic E-state index is 12.0. The molecule has 0 aliphatic carbocycles. The highest BCUT2D eigenvalue weighted by molar-refractivity contribution is 7.15. The lowest BCUT2D eigenvalue weighted by atomic mass is 10.1. The summed E-state index contributed by atoms with van der Waals surface area (Å²) in [6.45, 7) is 6.14. The molecule has 22 heavy (non-hydrogen) atoms. The van der Waals surface area contributed by atoms with Crippen molar-refractivity contribution in [3.8, 4) is 0 Å². The standard InChI is InChI=1S/C17H20N2O2S/c1-11(2)15-10-18-17(22-15)19-16(21)9-8-14(20)13-6-4-12(3)5-7-13/h4-7,10-11H,8-9H2,1-3H3,(H,18,19,21). The molecule has 1 N–H and O–H groups in total. The number of nitrogens with zero attached hydrogens (tertiary/aromatic N) is 1. The number of aromatic nitrogens is 1. The van der Waals surface area contributed by atoms with Gasteiger partial charge in [-0.3, -0.25) is 9.59 Å². The number of amides is 1. The maximum Gasteiger partial charge on any atom is 0.226 e. The second-order valence-electron chi connectivity index (χ2n) is 5.56. The number of aryl methyl sites for hydroxylation is 1. The molecular weight excluding hydrogens is 296 g/mol. The van der Waals surface area contributed by atoms with Gasteiger partial charge in [-0.2, -0.15) is 0 Å². The van der Waals surface area contributed by atoms with Gasteiger partial charge in [-0.25, -0.2) is 4.98 Å². The molecule has 0 saturated heterocycles. The van der Waals surface area contributed by atoms with Gasteiger partial charge in [0.1, 0.15) is 0 Å². The van der Waals surface area contributed by atoms with E-state index in [1.165, 1.54) is 11.3 Å². The first-order valence-electron chi connectivity index (χ1n) is 7.31. The summed E-state index contributed by atoms with van der Waals surface area (Å²) in [7, 11) is 0. The van der Waals surface area contributed by atoms with E-state index in [0.717, 1.165) is 10.4 Å². The van der Waals surface area contributed by atoms with Gasteiger partial charge < -0.3 is 5.32 Å². The number of ketones is 1. The zero-order chi connectivity index (χ0) is 16.1. The van der Waals surface area contributed by atoms with E-state index in [2.05, 4.69) is 24.1 Å². The molecule has 0 atom stereocenters. The summed E-state index contributed by atoms with van der Waals surface area (Å²) in [4.78, 5) is 29.2. The Hall–Kier alpha value is -2.01. The molecule has 0 radical (unpaired) electrons. The van der Waals surface area contributed by atoms with E-state index in [4.69, 9.17) is 0 Å². The van der Waals surface area contributed by atoms with Gasteiger partial charge in [0.15, 0.2) is 10.9 Å². The number of carbonyl (C=O) groups is 2. The molecule has 0 spiro atoms. The number of benzene rings is 1. The van der Waals surface area contributed by atoms with Crippen LogP contribution in [0.4, 0.5) is 5.13 Å². The number of Topliss-reactive ketones (excluding diaryl/α,β-unsaturated/α-hetero) is 1. The van der Waals surface area contributed by atoms with Gasteiger partial charge in [-0.15, -0.1) is 11.3 Å². The first kappa shape index (κ1) is 16.4. The highest BCUT2D eigenvalue weighted by atomic mass is 32.1. The Morgan fingerprint density at radius 3 is 2.45 bits per heavy atom. The van der Waals surface area contributed by atoms with Crippen LogP contribution in [-0.2, 0) is 4.79 Å². The smallest absolute Gasteiger partial charge is 0.226 e. The summed E-state index contributed by atoms with van der Waals surface area (Å²) in [5.74, 6) is 0.202. The quantitative estimate of drug-likeness (QED) is 0.813. The largest absolute Gasteiger partial charge is 0.302 e. The van der Waals surface area contributed by atoms with Crippen LogP contribution in [-0.4, -0.2) is 16.7 Å². The number of carbonyl (C=O) groups excluding carboxylic acids is 2. The molecule has 0 aliphatic rings. The molecule has 2 rings (SSSR count). The van der Waals surface area contributed by atoms with Crippen LogP contribution in [0.5, 0.6) is 0 Å². The van der Waals surface area contributed by atoms with E-state index in [9.17, 15) is 9.59 Å². The average Bonchev–Trinajstić information content (AvgIpc) is 2.94. The fraction of sp³-hybridized carbons (Fsp3) is 0.353. The lowest BCUT2D eigenvalue weighted by Gasteiger charge is -2.03. The van der Waals surface area contributed by atoms with Crippen molar-refractivity contribution in [2.75, 3.05) is 5.32 Å². The third-order valence-electron chi connectivity index (χ3n) is 3.29. The Morgan fingerprint density at radius 2 is 1.86 bits per heavy atom. The first-order valence-corrected chi connectivity index (χ1v) is 8.13. The van der Waals surface area contributed by atoms with Crippen molar-refractivity contribution in [3.05, 3.63) is 46.5 Å². The second-order valence-corrected chi connectivity index (χ2v) is 6.62. The minimum Gasteiger partial charge on any atom is -0.302 e. The molecule has 0 unspecified atom stereocenters. The van der Waals surface area contributed by atoms with Gasteiger partial charge in [-0.1, -0.05) is 43.7 Å². The Morgan fingerprint density at radius 1 is 1.18 bits per heavy atom. The topological polar surface area (TPSA) is 59.1 Å². The summed E-state index contributed by atoms with van der Waals surface area (Å²) in [6, 6.07) is 7.39. The molecule has 0 aliphatic heterocycles. The highest BCUT2D eigenvalue weighted by Gasteiger charge is 2.11. The maximum atomic E-state index is 12.0. The lowest BCUT2D eigenvalue weighted by Crippen LogP contribution is -2.13. The van der Waals surface area contributed by atoms with E-state index in [-0.39, 0.29) is 24.5 Å². The van der Waals surface area contributed by atoms with Crippen LogP contribution < -0.4 is 5.32 Å². The molecule has 4 nitrogen and oxygen atoms in total. The number of hydrogen-bond donors (Lipinski definition) is 1. The monoisotopic (exact) mass is 316 g/mol. The summed E-state index contributed by atoms with van der Waals surface area (Å²) in [5, 5.41) is 3.34. The van der Waals surface area contributed by atoms with Crippen molar-refractivity contribution in [2.45, 2.75) is 39.5 Å². The van der Waals surface area contributed by atoms with Crippen LogP contribution in [0.25, 0.3) is 0 Å². The Bertz CT molecular complexity index is 660. The van der Waals surface area contributed by atoms with E-state index < -0.39 is 0 Å². The fourth-order valence-electron chi connectivity index (χ4n) is 1.90. The normalized spacial score (nSPS) is 10.7. The molecule has 1 aromatic carbocycles. The van der Waals surface area contributed by atoms with E-state index in [0.29, 0.717) is 16.6 Å². The summed E-state index contributed by atoms with van der Waals surface area (Å²) in [5.41, 5.74) is 1.76. The van der Waals surface area contributed by atoms with Crippen molar-refractivity contribution < 1.29 is 9.59 Å². The molecule has 5 heteroatoms. The summed E-state index contributed by atoms with van der Waals surface area (Å²) >= 11 is 1.47. The van der Waals surface area contributed by atoms with E-state index >= 15 is 0 Å². The minimum atomic E-state index is -0.176. The van der Waals surface area contributed by atoms with Gasteiger partial charge in [0.25, 0.3) is 0 Å². The number of anilines is 1. The van der Waals surface area contributed by atoms with Crippen molar-refractivity contribution in [1.29, 1.82) is 0 Å². The van der Waals surface area contributed by atoms with Gasteiger partial charge >= 0.3 is 0 Å². The number of rotatable bonds is 6. The fourth-order valence-corrected chi connectivity index (χ4v) is 2.74. The number of nitrogens with one attached hydrogen (secondary N) is 1. The summed E-state index contributed by atoms with van der Waals surface area (Å²) < 4.78 is 0. The molecule has 0 saturated carbocycles. The molecule has 116 valence electrons. The second kappa shape index (κ2) is 7.31. The number of hydrogen-bond acceptors (Lipinski definition) is 4.